The third-order valence-corrected chi connectivity index (χ3v) is 3.03. The summed E-state index contributed by atoms with van der Waals surface area (Å²) in [6, 6.07) is 0. The van der Waals surface area contributed by atoms with Gasteiger partial charge in [0.1, 0.15) is 11.5 Å². The molecule has 2 N–H and O–H groups in total. The molecule has 1 aliphatic rings. The van der Waals surface area contributed by atoms with Gasteiger partial charge in [-0.15, -0.1) is 0 Å². The van der Waals surface area contributed by atoms with Gasteiger partial charge in [0.05, 0.1) is 12.4 Å². The van der Waals surface area contributed by atoms with E-state index in [2.05, 4.69) is 27.5 Å². The van der Waals surface area contributed by atoms with Gasteiger partial charge < -0.3 is 15.5 Å². The van der Waals surface area contributed by atoms with Crippen LogP contribution in [0.15, 0.2) is 12.4 Å². The first-order chi connectivity index (χ1) is 9.70. The minimum absolute atomic E-state index is 0.0227. The first-order valence-corrected chi connectivity index (χ1v) is 6.82. The van der Waals surface area contributed by atoms with E-state index in [0.29, 0.717) is 37.6 Å². The van der Waals surface area contributed by atoms with E-state index in [1.165, 1.54) is 6.20 Å². The molecule has 0 saturated carbocycles. The Hall–Kier alpha value is -2.18. The molecule has 2 amide bonds. The number of hydrogen-bond donors (Lipinski definition) is 2. The summed E-state index contributed by atoms with van der Waals surface area (Å²) < 4.78 is 0. The number of nitrogens with zero attached hydrogens (tertiary/aromatic N) is 3. The van der Waals surface area contributed by atoms with Crippen LogP contribution in [0.4, 0.5) is 5.82 Å². The number of nitrogens with one attached hydrogen (secondary N) is 2. The van der Waals surface area contributed by atoms with Crippen LogP contribution in [0.3, 0.4) is 0 Å². The van der Waals surface area contributed by atoms with Crippen molar-refractivity contribution in [3.8, 4) is 0 Å². The van der Waals surface area contributed by atoms with Crippen molar-refractivity contribution in [3.05, 3.63) is 18.1 Å². The van der Waals surface area contributed by atoms with E-state index in [9.17, 15) is 9.59 Å². The predicted octanol–water partition coefficient (Wildman–Crippen LogP) is 0.261. The third kappa shape index (κ3) is 3.66. The van der Waals surface area contributed by atoms with Crippen LogP contribution in [0.25, 0.3) is 0 Å². The molecule has 7 nitrogen and oxygen atoms in total. The second-order valence-electron chi connectivity index (χ2n) is 4.61. The van der Waals surface area contributed by atoms with Crippen molar-refractivity contribution in [1.82, 2.24) is 20.2 Å². The fourth-order valence-corrected chi connectivity index (χ4v) is 1.91. The highest BCUT2D eigenvalue weighted by Gasteiger charge is 2.20. The van der Waals surface area contributed by atoms with Gasteiger partial charge >= 0.3 is 0 Å². The Morgan fingerprint density at radius 2 is 2.25 bits per heavy atom. The van der Waals surface area contributed by atoms with Gasteiger partial charge in [-0.2, -0.15) is 0 Å². The van der Waals surface area contributed by atoms with E-state index in [-0.39, 0.29) is 11.8 Å². The monoisotopic (exact) mass is 277 g/mol. The zero-order valence-corrected chi connectivity index (χ0v) is 11.6. The van der Waals surface area contributed by atoms with Gasteiger partial charge in [-0.05, 0) is 6.42 Å². The Morgan fingerprint density at radius 1 is 1.40 bits per heavy atom. The van der Waals surface area contributed by atoms with E-state index in [0.717, 1.165) is 13.0 Å². The van der Waals surface area contributed by atoms with Gasteiger partial charge in [0, 0.05) is 32.6 Å². The van der Waals surface area contributed by atoms with Gasteiger partial charge in [-0.3, -0.25) is 9.59 Å². The van der Waals surface area contributed by atoms with Crippen LogP contribution in [0.2, 0.25) is 0 Å². The molecule has 0 bridgehead atoms. The summed E-state index contributed by atoms with van der Waals surface area (Å²) in [5.74, 6) is 0.456. The van der Waals surface area contributed by atoms with Crippen LogP contribution in [0.1, 0.15) is 30.3 Å². The molecule has 1 aliphatic heterocycles. The minimum atomic E-state index is -0.184. The Morgan fingerprint density at radius 3 is 2.95 bits per heavy atom. The van der Waals surface area contributed by atoms with Crippen molar-refractivity contribution in [2.75, 3.05) is 31.5 Å². The highest BCUT2D eigenvalue weighted by Crippen LogP contribution is 2.06. The van der Waals surface area contributed by atoms with Gasteiger partial charge in [-0.25, -0.2) is 9.97 Å². The van der Waals surface area contributed by atoms with Crippen LogP contribution >= 0.6 is 0 Å². The topological polar surface area (TPSA) is 87.2 Å². The van der Waals surface area contributed by atoms with Crippen molar-refractivity contribution in [2.24, 2.45) is 0 Å². The van der Waals surface area contributed by atoms with Gasteiger partial charge in [0.2, 0.25) is 5.91 Å². The van der Waals surface area contributed by atoms with Crippen LogP contribution in [0, 0.1) is 0 Å². The highest BCUT2D eigenvalue weighted by molar-refractivity contribution is 5.92. The van der Waals surface area contributed by atoms with Gasteiger partial charge in [0.25, 0.3) is 5.91 Å². The number of amides is 2. The van der Waals surface area contributed by atoms with Crippen molar-refractivity contribution in [3.63, 3.8) is 0 Å². The number of rotatable bonds is 4. The van der Waals surface area contributed by atoms with E-state index < -0.39 is 0 Å². The summed E-state index contributed by atoms with van der Waals surface area (Å²) in [5.41, 5.74) is 0.307. The summed E-state index contributed by atoms with van der Waals surface area (Å²) in [6.45, 7) is 4.29. The molecular weight excluding hydrogens is 258 g/mol. The zero-order chi connectivity index (χ0) is 14.4. The molecule has 2 heterocycles. The molecule has 2 rings (SSSR count). The Balaban J connectivity index is 1.99. The largest absolute Gasteiger partial charge is 0.369 e. The quantitative estimate of drug-likeness (QED) is 0.824. The lowest BCUT2D eigenvalue weighted by Crippen LogP contribution is -2.34. The maximum absolute atomic E-state index is 12.2. The van der Waals surface area contributed by atoms with Crippen LogP contribution < -0.4 is 10.6 Å². The molecule has 1 saturated heterocycles. The fraction of sp³-hybridized carbons (Fsp3) is 0.538. The van der Waals surface area contributed by atoms with E-state index in [4.69, 9.17) is 0 Å². The lowest BCUT2D eigenvalue weighted by molar-refractivity contribution is -0.120. The fourth-order valence-electron chi connectivity index (χ4n) is 1.91. The highest BCUT2D eigenvalue weighted by atomic mass is 16.2. The van der Waals surface area contributed by atoms with Crippen molar-refractivity contribution >= 4 is 17.6 Å². The molecule has 20 heavy (non-hydrogen) atoms. The summed E-state index contributed by atoms with van der Waals surface area (Å²) in [5, 5.41) is 5.84. The summed E-state index contributed by atoms with van der Waals surface area (Å²) in [4.78, 5) is 33.4. The van der Waals surface area contributed by atoms with E-state index >= 15 is 0 Å². The number of anilines is 1. The average molecular weight is 277 g/mol. The lowest BCUT2D eigenvalue weighted by atomic mass is 10.3. The molecular formula is C13H19N5O2. The summed E-state index contributed by atoms with van der Waals surface area (Å²) in [7, 11) is 0. The predicted molar refractivity (Wildman–Crippen MR) is 74.3 cm³/mol. The molecule has 0 aromatic carbocycles. The molecule has 0 unspecified atom stereocenters. The van der Waals surface area contributed by atoms with E-state index in [1.54, 1.807) is 11.1 Å². The molecule has 1 fully saturated rings. The number of aromatic nitrogens is 2. The standard InChI is InChI=1S/C13H19N5O2/c1-2-4-14-11-9-16-10(8-17-11)13(20)18-6-3-12(19)15-5-7-18/h8-9H,2-7H2,1H3,(H,14,17)(H,15,19). The van der Waals surface area contributed by atoms with Crippen molar-refractivity contribution in [1.29, 1.82) is 0 Å². The Kier molecular flexibility index (Phi) is 4.86. The number of carbonyl (C=O) groups excluding carboxylic acids is 2. The summed E-state index contributed by atoms with van der Waals surface area (Å²) in [6.07, 6.45) is 4.36. The molecule has 0 atom stereocenters. The molecule has 7 heteroatoms. The molecule has 0 spiro atoms. The number of carbonyl (C=O) groups is 2. The first kappa shape index (κ1) is 14.2. The SMILES string of the molecule is CCCNc1cnc(C(=O)N2CCNC(=O)CC2)cn1. The summed E-state index contributed by atoms with van der Waals surface area (Å²) >= 11 is 0. The van der Waals surface area contributed by atoms with Crippen molar-refractivity contribution < 1.29 is 9.59 Å². The number of hydrogen-bond acceptors (Lipinski definition) is 5. The Bertz CT molecular complexity index is 474. The lowest BCUT2D eigenvalue weighted by Gasteiger charge is -2.18. The Labute approximate surface area is 117 Å². The molecule has 1 aromatic heterocycles. The third-order valence-electron chi connectivity index (χ3n) is 3.03. The van der Waals surface area contributed by atoms with Crippen LogP contribution in [0.5, 0.6) is 0 Å². The van der Waals surface area contributed by atoms with Gasteiger partial charge in [0.15, 0.2) is 0 Å². The maximum Gasteiger partial charge on any atom is 0.274 e. The molecule has 1 aromatic rings. The molecule has 108 valence electrons. The van der Waals surface area contributed by atoms with Crippen molar-refractivity contribution in [2.45, 2.75) is 19.8 Å². The molecule has 0 radical (unpaired) electrons. The average Bonchev–Trinajstić information content (AvgIpc) is 2.70. The second-order valence-corrected chi connectivity index (χ2v) is 4.61. The normalized spacial score (nSPS) is 15.4. The first-order valence-electron chi connectivity index (χ1n) is 6.82. The minimum Gasteiger partial charge on any atom is -0.369 e. The second kappa shape index (κ2) is 6.83. The van der Waals surface area contributed by atoms with Crippen LogP contribution in [-0.2, 0) is 4.79 Å². The maximum atomic E-state index is 12.2. The van der Waals surface area contributed by atoms with E-state index in [1.807, 2.05) is 0 Å². The smallest absolute Gasteiger partial charge is 0.274 e. The van der Waals surface area contributed by atoms with Crippen LogP contribution in [-0.4, -0.2) is 52.9 Å². The zero-order valence-electron chi connectivity index (χ0n) is 11.6. The van der Waals surface area contributed by atoms with Gasteiger partial charge in [-0.1, -0.05) is 6.92 Å². The molecule has 0 aliphatic carbocycles.